The van der Waals surface area contributed by atoms with Gasteiger partial charge in [0.2, 0.25) is 0 Å². The molecule has 0 radical (unpaired) electrons. The number of amides is 1. The lowest BCUT2D eigenvalue weighted by Crippen LogP contribution is -2.38. The van der Waals surface area contributed by atoms with E-state index in [0.717, 1.165) is 19.4 Å². The summed E-state index contributed by atoms with van der Waals surface area (Å²) in [4.78, 5) is 22.8. The maximum absolute atomic E-state index is 12.0. The zero-order chi connectivity index (χ0) is 19.6. The van der Waals surface area contributed by atoms with Gasteiger partial charge in [-0.3, -0.25) is 4.79 Å². The van der Waals surface area contributed by atoms with Gasteiger partial charge in [-0.25, -0.2) is 4.79 Å². The van der Waals surface area contributed by atoms with E-state index in [-0.39, 0.29) is 18.0 Å². The first kappa shape index (κ1) is 20.6. The fraction of sp³-hybridized carbons (Fsp3) is 0.333. The summed E-state index contributed by atoms with van der Waals surface area (Å²) in [5.74, 6) is -1.38. The van der Waals surface area contributed by atoms with Crippen molar-refractivity contribution in [2.75, 3.05) is 19.6 Å². The van der Waals surface area contributed by atoms with E-state index < -0.39 is 12.1 Å². The predicted octanol–water partition coefficient (Wildman–Crippen LogP) is 1.87. The number of hydrogen-bond acceptors (Lipinski definition) is 4. The molecular formula is C21H26N2O4. The Kier molecular flexibility index (Phi) is 7.98. The second-order valence-corrected chi connectivity index (χ2v) is 6.32. The van der Waals surface area contributed by atoms with Crippen molar-refractivity contribution in [2.24, 2.45) is 0 Å². The lowest BCUT2D eigenvalue weighted by Gasteiger charge is -2.14. The van der Waals surface area contributed by atoms with E-state index in [1.54, 1.807) is 0 Å². The number of nitrogens with one attached hydrogen (secondary N) is 2. The molecule has 0 saturated carbocycles. The molecule has 0 fully saturated rings. The summed E-state index contributed by atoms with van der Waals surface area (Å²) >= 11 is 0. The summed E-state index contributed by atoms with van der Waals surface area (Å²) in [5.41, 5.74) is 3.12. The monoisotopic (exact) mass is 370 g/mol. The molecule has 0 aliphatic carbocycles. The first-order chi connectivity index (χ1) is 13.0. The van der Waals surface area contributed by atoms with Crippen LogP contribution in [0, 0.1) is 0 Å². The van der Waals surface area contributed by atoms with Crippen molar-refractivity contribution in [1.29, 1.82) is 0 Å². The third kappa shape index (κ3) is 6.51. The minimum atomic E-state index is -1.04. The average Bonchev–Trinajstić information content (AvgIpc) is 2.69. The molecule has 4 N–H and O–H groups in total. The molecule has 0 aromatic heterocycles. The third-order valence-corrected chi connectivity index (χ3v) is 4.34. The van der Waals surface area contributed by atoms with E-state index >= 15 is 0 Å². The highest BCUT2D eigenvalue weighted by Crippen LogP contribution is 2.09. The van der Waals surface area contributed by atoms with E-state index in [2.05, 4.69) is 29.7 Å². The molecule has 1 amide bonds. The maximum Gasteiger partial charge on any atom is 0.335 e. The molecular weight excluding hydrogens is 344 g/mol. The van der Waals surface area contributed by atoms with E-state index in [0.29, 0.717) is 12.1 Å². The first-order valence-electron chi connectivity index (χ1n) is 9.08. The molecule has 27 heavy (non-hydrogen) atoms. The highest BCUT2D eigenvalue weighted by molar-refractivity contribution is 5.95. The Morgan fingerprint density at radius 3 is 2.22 bits per heavy atom. The second-order valence-electron chi connectivity index (χ2n) is 6.32. The number of aliphatic hydroxyl groups excluding tert-OH is 1. The summed E-state index contributed by atoms with van der Waals surface area (Å²) in [7, 11) is 0. The lowest BCUT2D eigenvalue weighted by atomic mass is 10.0. The number of benzene rings is 2. The molecule has 0 spiro atoms. The molecule has 2 aromatic carbocycles. The van der Waals surface area contributed by atoms with Crippen molar-refractivity contribution in [3.8, 4) is 0 Å². The van der Waals surface area contributed by atoms with Crippen LogP contribution in [-0.4, -0.2) is 47.8 Å². The number of aromatic carboxylic acids is 1. The van der Waals surface area contributed by atoms with Crippen LogP contribution < -0.4 is 10.6 Å². The van der Waals surface area contributed by atoms with Gasteiger partial charge in [0.05, 0.1) is 11.7 Å². The average molecular weight is 370 g/mol. The van der Waals surface area contributed by atoms with Crippen molar-refractivity contribution in [3.05, 3.63) is 70.8 Å². The van der Waals surface area contributed by atoms with Crippen LogP contribution in [0.15, 0.2) is 48.5 Å². The Hall–Kier alpha value is -2.70. The van der Waals surface area contributed by atoms with E-state index in [1.165, 1.54) is 35.4 Å². The van der Waals surface area contributed by atoms with Crippen LogP contribution in [0.1, 0.15) is 38.8 Å². The number of rotatable bonds is 10. The quantitative estimate of drug-likeness (QED) is 0.479. The Labute approximate surface area is 159 Å². The summed E-state index contributed by atoms with van der Waals surface area (Å²) in [6.45, 7) is 3.39. The van der Waals surface area contributed by atoms with Gasteiger partial charge < -0.3 is 20.8 Å². The second kappa shape index (κ2) is 10.4. The zero-order valence-electron chi connectivity index (χ0n) is 15.4. The molecule has 2 aromatic rings. The minimum absolute atomic E-state index is 0.123. The number of carboxylic acid groups (broad SMARTS) is 1. The molecule has 0 saturated heterocycles. The fourth-order valence-corrected chi connectivity index (χ4v) is 2.79. The van der Waals surface area contributed by atoms with E-state index in [4.69, 9.17) is 5.11 Å². The van der Waals surface area contributed by atoms with Gasteiger partial charge in [0.1, 0.15) is 0 Å². The summed E-state index contributed by atoms with van der Waals surface area (Å²) < 4.78 is 0. The standard InChI is InChI=1S/C21H26N2O4/c1-2-15-5-3-4-6-16(15)11-12-22-13-19(24)14-23-20(25)17-7-9-18(10-8-17)21(26)27/h3-10,19,22,24H,2,11-14H2,1H3,(H,23,25)(H,26,27). The molecule has 0 aliphatic rings. The summed E-state index contributed by atoms with van der Waals surface area (Å²) in [6.07, 6.45) is 1.19. The Morgan fingerprint density at radius 1 is 0.963 bits per heavy atom. The van der Waals surface area contributed by atoms with E-state index in [1.807, 2.05) is 12.1 Å². The third-order valence-electron chi connectivity index (χ3n) is 4.34. The van der Waals surface area contributed by atoms with Crippen LogP contribution in [0.5, 0.6) is 0 Å². The Balaban J connectivity index is 1.69. The van der Waals surface area contributed by atoms with Gasteiger partial charge in [-0.2, -0.15) is 0 Å². The van der Waals surface area contributed by atoms with Gasteiger partial charge in [-0.1, -0.05) is 31.2 Å². The number of carbonyl (C=O) groups is 2. The number of carbonyl (C=O) groups excluding carboxylic acids is 1. The van der Waals surface area contributed by atoms with E-state index in [9.17, 15) is 14.7 Å². The number of aryl methyl sites for hydroxylation is 1. The Morgan fingerprint density at radius 2 is 1.59 bits per heavy atom. The van der Waals surface area contributed by atoms with Crippen LogP contribution in [0.3, 0.4) is 0 Å². The molecule has 0 bridgehead atoms. The van der Waals surface area contributed by atoms with Gasteiger partial charge >= 0.3 is 5.97 Å². The summed E-state index contributed by atoms with van der Waals surface area (Å²) in [5, 5.41) is 24.7. The molecule has 6 nitrogen and oxygen atoms in total. The van der Waals surface area contributed by atoms with Crippen molar-refractivity contribution in [3.63, 3.8) is 0 Å². The highest BCUT2D eigenvalue weighted by atomic mass is 16.4. The fourth-order valence-electron chi connectivity index (χ4n) is 2.79. The largest absolute Gasteiger partial charge is 0.478 e. The smallest absolute Gasteiger partial charge is 0.335 e. The Bertz CT molecular complexity index is 759. The van der Waals surface area contributed by atoms with Crippen LogP contribution in [0.2, 0.25) is 0 Å². The van der Waals surface area contributed by atoms with Gasteiger partial charge in [0.25, 0.3) is 5.91 Å². The van der Waals surface area contributed by atoms with Gasteiger partial charge in [0, 0.05) is 18.7 Å². The maximum atomic E-state index is 12.0. The first-order valence-corrected chi connectivity index (χ1v) is 9.08. The summed E-state index contributed by atoms with van der Waals surface area (Å²) in [6, 6.07) is 14.0. The molecule has 0 aliphatic heterocycles. The lowest BCUT2D eigenvalue weighted by molar-refractivity contribution is 0.0696. The number of aliphatic hydroxyl groups is 1. The topological polar surface area (TPSA) is 98.7 Å². The van der Waals surface area contributed by atoms with Gasteiger partial charge in [-0.15, -0.1) is 0 Å². The molecule has 1 unspecified atom stereocenters. The molecule has 1 atom stereocenters. The molecule has 2 rings (SSSR count). The zero-order valence-corrected chi connectivity index (χ0v) is 15.4. The van der Waals surface area contributed by atoms with Crippen molar-refractivity contribution in [1.82, 2.24) is 10.6 Å². The van der Waals surface area contributed by atoms with Crippen molar-refractivity contribution < 1.29 is 19.8 Å². The van der Waals surface area contributed by atoms with Crippen LogP contribution in [0.4, 0.5) is 0 Å². The van der Waals surface area contributed by atoms with Crippen molar-refractivity contribution >= 4 is 11.9 Å². The number of hydrogen-bond donors (Lipinski definition) is 4. The normalized spacial score (nSPS) is 11.8. The SMILES string of the molecule is CCc1ccccc1CCNCC(O)CNC(=O)c1ccc(C(=O)O)cc1. The predicted molar refractivity (Wildman–Crippen MR) is 104 cm³/mol. The highest BCUT2D eigenvalue weighted by Gasteiger charge is 2.10. The van der Waals surface area contributed by atoms with Crippen LogP contribution in [-0.2, 0) is 12.8 Å². The van der Waals surface area contributed by atoms with Crippen LogP contribution in [0.25, 0.3) is 0 Å². The minimum Gasteiger partial charge on any atom is -0.478 e. The molecule has 6 heteroatoms. The van der Waals surface area contributed by atoms with Gasteiger partial charge in [0.15, 0.2) is 0 Å². The van der Waals surface area contributed by atoms with Crippen molar-refractivity contribution in [2.45, 2.75) is 25.9 Å². The number of carboxylic acids is 1. The molecule has 144 valence electrons. The molecule has 0 heterocycles. The van der Waals surface area contributed by atoms with Gasteiger partial charge in [-0.05, 0) is 54.8 Å². The van der Waals surface area contributed by atoms with Crippen LogP contribution >= 0.6 is 0 Å².